The van der Waals surface area contributed by atoms with Gasteiger partial charge >= 0.3 is 0 Å². The molecule has 0 bridgehead atoms. The maximum atomic E-state index is 5.97. The van der Waals surface area contributed by atoms with Crippen LogP contribution in [-0.4, -0.2) is 30.3 Å². The summed E-state index contributed by atoms with van der Waals surface area (Å²) in [6.07, 6.45) is 2.38. The molecule has 2 rings (SSSR count). The van der Waals surface area contributed by atoms with Gasteiger partial charge in [-0.05, 0) is 29.0 Å². The summed E-state index contributed by atoms with van der Waals surface area (Å²) in [7, 11) is 1.70. The van der Waals surface area contributed by atoms with Crippen molar-refractivity contribution < 1.29 is 9.47 Å². The molecule has 100 valence electrons. The molecular weight excluding hydrogens is 345 g/mol. The maximum absolute atomic E-state index is 5.97. The molecule has 0 unspecified atom stereocenters. The van der Waals surface area contributed by atoms with Crippen LogP contribution in [0.15, 0.2) is 0 Å². The zero-order valence-electron chi connectivity index (χ0n) is 10.7. The van der Waals surface area contributed by atoms with E-state index >= 15 is 0 Å². The third-order valence-electron chi connectivity index (χ3n) is 3.38. The molecule has 0 saturated carbocycles. The Labute approximate surface area is 121 Å². The average molecular weight is 363 g/mol. The number of hydrogen-bond donors (Lipinski definition) is 1. The lowest BCUT2D eigenvalue weighted by molar-refractivity contribution is -0.1000. The number of halogens is 1. The normalized spacial score (nSPS) is 18.8. The predicted octanol–water partition coefficient (Wildman–Crippen LogP) is 1.88. The molecule has 1 aliphatic rings. The molecule has 0 radical (unpaired) electrons. The summed E-state index contributed by atoms with van der Waals surface area (Å²) in [6, 6.07) is 0. The number of ether oxygens (including phenoxy) is 2. The topological polar surface area (TPSA) is 70.3 Å². The molecule has 1 aromatic heterocycles. The van der Waals surface area contributed by atoms with E-state index in [1.807, 2.05) is 0 Å². The zero-order valence-corrected chi connectivity index (χ0v) is 12.9. The molecule has 6 heteroatoms. The Kier molecular flexibility index (Phi) is 4.39. The van der Waals surface area contributed by atoms with Gasteiger partial charge in [-0.1, -0.05) is 6.92 Å². The molecule has 2 heterocycles. The fourth-order valence-corrected chi connectivity index (χ4v) is 2.79. The summed E-state index contributed by atoms with van der Waals surface area (Å²) in [5, 5.41) is 0. The molecule has 1 aromatic rings. The Morgan fingerprint density at radius 1 is 1.39 bits per heavy atom. The summed E-state index contributed by atoms with van der Waals surface area (Å²) >= 11 is 2.19. The first-order chi connectivity index (χ1) is 8.63. The van der Waals surface area contributed by atoms with Gasteiger partial charge in [0, 0.05) is 33.2 Å². The number of aromatic nitrogens is 2. The molecule has 0 spiro atoms. The molecule has 5 nitrogen and oxygen atoms in total. The lowest BCUT2D eigenvalue weighted by Gasteiger charge is -2.34. The van der Waals surface area contributed by atoms with E-state index < -0.39 is 5.60 Å². The number of nitrogens with zero attached hydrogens (tertiary/aromatic N) is 2. The summed E-state index contributed by atoms with van der Waals surface area (Å²) in [5.74, 6) is 1.24. The first-order valence-corrected chi connectivity index (χ1v) is 7.16. The lowest BCUT2D eigenvalue weighted by Crippen LogP contribution is -2.38. The minimum atomic E-state index is -0.444. The van der Waals surface area contributed by atoms with Crippen LogP contribution in [0.2, 0.25) is 0 Å². The van der Waals surface area contributed by atoms with E-state index in [4.69, 9.17) is 15.2 Å². The van der Waals surface area contributed by atoms with Crippen molar-refractivity contribution in [2.45, 2.75) is 31.8 Å². The summed E-state index contributed by atoms with van der Waals surface area (Å²) in [6.45, 7) is 3.41. The van der Waals surface area contributed by atoms with Gasteiger partial charge in [-0.2, -0.15) is 0 Å². The first kappa shape index (κ1) is 14.0. The van der Waals surface area contributed by atoms with Crippen LogP contribution in [0.1, 0.15) is 31.3 Å². The molecule has 1 aliphatic heterocycles. The highest BCUT2D eigenvalue weighted by atomic mass is 127. The Hall–Kier alpha value is -0.470. The molecule has 0 aromatic carbocycles. The van der Waals surface area contributed by atoms with Gasteiger partial charge in [0.25, 0.3) is 0 Å². The van der Waals surface area contributed by atoms with E-state index in [9.17, 15) is 0 Å². The molecule has 0 aliphatic carbocycles. The monoisotopic (exact) mass is 363 g/mol. The van der Waals surface area contributed by atoms with E-state index in [1.54, 1.807) is 7.11 Å². The number of hydrogen-bond acceptors (Lipinski definition) is 5. The number of rotatable bonds is 3. The molecular formula is C12H18IN3O2. The SMILES string of the molecule is CCc1nc(C2(OC)CCOCC2)nc(N)c1I. The van der Waals surface area contributed by atoms with Crippen LogP contribution < -0.4 is 5.73 Å². The summed E-state index contributed by atoms with van der Waals surface area (Å²) < 4.78 is 12.0. The van der Waals surface area contributed by atoms with Gasteiger partial charge in [-0.15, -0.1) is 0 Å². The quantitative estimate of drug-likeness (QED) is 0.831. The largest absolute Gasteiger partial charge is 0.383 e. The second-order valence-corrected chi connectivity index (χ2v) is 5.44. The number of anilines is 1. The van der Waals surface area contributed by atoms with Crippen LogP contribution >= 0.6 is 22.6 Å². The van der Waals surface area contributed by atoms with Gasteiger partial charge in [-0.3, -0.25) is 0 Å². The summed E-state index contributed by atoms with van der Waals surface area (Å²) in [4.78, 5) is 9.07. The highest BCUT2D eigenvalue weighted by Crippen LogP contribution is 2.34. The van der Waals surface area contributed by atoms with Crippen LogP contribution in [0.4, 0.5) is 5.82 Å². The van der Waals surface area contributed by atoms with E-state index in [2.05, 4.69) is 39.5 Å². The Morgan fingerprint density at radius 3 is 2.61 bits per heavy atom. The second kappa shape index (κ2) is 5.66. The average Bonchev–Trinajstić information content (AvgIpc) is 2.42. The Bertz CT molecular complexity index is 434. The number of aryl methyl sites for hydroxylation is 1. The van der Waals surface area contributed by atoms with Crippen molar-refractivity contribution in [1.29, 1.82) is 0 Å². The fraction of sp³-hybridized carbons (Fsp3) is 0.667. The number of methoxy groups -OCH3 is 1. The van der Waals surface area contributed by atoms with Crippen molar-refractivity contribution >= 4 is 28.4 Å². The van der Waals surface area contributed by atoms with Crippen molar-refractivity contribution in [2.24, 2.45) is 0 Å². The lowest BCUT2D eigenvalue weighted by atomic mass is 9.93. The number of nitrogen functional groups attached to an aromatic ring is 1. The van der Waals surface area contributed by atoms with Crippen molar-refractivity contribution in [3.63, 3.8) is 0 Å². The van der Waals surface area contributed by atoms with Crippen LogP contribution in [0.3, 0.4) is 0 Å². The Balaban J connectivity index is 2.45. The highest BCUT2D eigenvalue weighted by Gasteiger charge is 2.38. The first-order valence-electron chi connectivity index (χ1n) is 6.08. The van der Waals surface area contributed by atoms with E-state index in [0.29, 0.717) is 24.9 Å². The van der Waals surface area contributed by atoms with E-state index in [1.165, 1.54) is 0 Å². The van der Waals surface area contributed by atoms with Crippen molar-refractivity contribution in [3.8, 4) is 0 Å². The smallest absolute Gasteiger partial charge is 0.163 e. The van der Waals surface area contributed by atoms with Crippen molar-refractivity contribution in [3.05, 3.63) is 15.1 Å². The fourth-order valence-electron chi connectivity index (χ4n) is 2.17. The molecule has 1 saturated heterocycles. The molecule has 0 atom stereocenters. The van der Waals surface area contributed by atoms with Gasteiger partial charge in [0.05, 0.1) is 9.26 Å². The van der Waals surface area contributed by atoms with Crippen LogP contribution in [0, 0.1) is 3.57 Å². The van der Waals surface area contributed by atoms with Crippen LogP contribution in [0.25, 0.3) is 0 Å². The Morgan fingerprint density at radius 2 is 2.06 bits per heavy atom. The van der Waals surface area contributed by atoms with Crippen LogP contribution in [-0.2, 0) is 21.5 Å². The highest BCUT2D eigenvalue weighted by molar-refractivity contribution is 14.1. The van der Waals surface area contributed by atoms with Crippen LogP contribution in [0.5, 0.6) is 0 Å². The van der Waals surface area contributed by atoms with Crippen molar-refractivity contribution in [1.82, 2.24) is 9.97 Å². The van der Waals surface area contributed by atoms with E-state index in [0.717, 1.165) is 28.5 Å². The van der Waals surface area contributed by atoms with Gasteiger partial charge < -0.3 is 15.2 Å². The minimum Gasteiger partial charge on any atom is -0.383 e. The predicted molar refractivity (Wildman–Crippen MR) is 77.3 cm³/mol. The second-order valence-electron chi connectivity index (χ2n) is 4.36. The van der Waals surface area contributed by atoms with Gasteiger partial charge in [-0.25, -0.2) is 9.97 Å². The molecule has 1 fully saturated rings. The minimum absolute atomic E-state index is 0.444. The third kappa shape index (κ3) is 2.46. The van der Waals surface area contributed by atoms with E-state index in [-0.39, 0.29) is 0 Å². The standard InChI is InChI=1S/C12H18IN3O2/c1-3-8-9(13)10(14)16-11(15-8)12(17-2)4-6-18-7-5-12/h3-7H2,1-2H3,(H2,14,15,16). The molecule has 18 heavy (non-hydrogen) atoms. The van der Waals surface area contributed by atoms with Gasteiger partial charge in [0.2, 0.25) is 0 Å². The zero-order chi connectivity index (χ0) is 13.2. The third-order valence-corrected chi connectivity index (χ3v) is 4.55. The van der Waals surface area contributed by atoms with Gasteiger partial charge in [0.1, 0.15) is 11.4 Å². The molecule has 2 N–H and O–H groups in total. The van der Waals surface area contributed by atoms with Gasteiger partial charge in [0.15, 0.2) is 5.82 Å². The molecule has 0 amide bonds. The van der Waals surface area contributed by atoms with Crippen molar-refractivity contribution in [2.75, 3.05) is 26.1 Å². The number of nitrogens with two attached hydrogens (primary N) is 1. The maximum Gasteiger partial charge on any atom is 0.163 e. The summed E-state index contributed by atoms with van der Waals surface area (Å²) in [5.41, 5.74) is 6.52.